The minimum Gasteiger partial charge on any atom is -1.00 e. The number of rotatable bonds is 28. The Morgan fingerprint density at radius 2 is 0.830 bits per heavy atom. The fourth-order valence-electron chi connectivity index (χ4n) is 3.69. The normalized spacial score (nSPS) is 11.5. The van der Waals surface area contributed by atoms with Gasteiger partial charge in [0, 0.05) is 19.8 Å². The first-order valence-corrected chi connectivity index (χ1v) is 20.1. The van der Waals surface area contributed by atoms with Crippen LogP contribution in [-0.2, 0) is 14.5 Å². The molecule has 0 spiro atoms. The molecule has 0 saturated carbocycles. The number of carbonyl (C=O) groups is 2. The third kappa shape index (κ3) is 81.6. The van der Waals surface area contributed by atoms with Crippen LogP contribution >= 0.6 is 24.4 Å². The minimum atomic E-state index is -0.181. The van der Waals surface area contributed by atoms with Crippen LogP contribution in [0.2, 0.25) is 0 Å². The summed E-state index contributed by atoms with van der Waals surface area (Å²) in [6.45, 7) is 5.77. The van der Waals surface area contributed by atoms with Crippen molar-refractivity contribution in [2.75, 3.05) is 18.6 Å². The van der Waals surface area contributed by atoms with Gasteiger partial charge in [0.2, 0.25) is 0 Å². The number of thioether (sulfide) groups is 1. The van der Waals surface area contributed by atoms with Crippen molar-refractivity contribution in [3.8, 4) is 0 Å². The van der Waals surface area contributed by atoms with E-state index in [0.717, 1.165) is 95.7 Å². The minimum absolute atomic E-state index is 0. The van der Waals surface area contributed by atoms with Gasteiger partial charge in [0.15, 0.2) is 5.12 Å². The first-order valence-electron chi connectivity index (χ1n) is 18.5. The van der Waals surface area contributed by atoms with Crippen LogP contribution in [0.25, 0.3) is 0 Å². The van der Waals surface area contributed by atoms with Crippen molar-refractivity contribution in [2.24, 2.45) is 0 Å². The Morgan fingerprint density at radius 1 is 0.566 bits per heavy atom. The van der Waals surface area contributed by atoms with Crippen molar-refractivity contribution in [2.45, 2.75) is 124 Å². The quantitative estimate of drug-likeness (QED) is 0.0187. The summed E-state index contributed by atoms with van der Waals surface area (Å²) in [4.78, 5) is 22.0. The number of allylic oxidation sites excluding steroid dienone is 20. The van der Waals surface area contributed by atoms with E-state index in [9.17, 15) is 4.79 Å². The standard InChI is InChI=1S/C22H34OS.C20H32S.CH2O3.CH4O.2K.H/c1-3-4-5-6-7-8-9-10-11-12-13-14-15-16-17-18-19-20-21-24-22(2)23;1-2-3-4-5-6-7-8-9-10-11-12-13-14-15-16-17-18-19-20-21;2-1-4-3;1-2;;;/h4-5,7-8,10-11,13-14,16-17H,3,6,9,12,15,18-21H2,1-2H3;3-4,6-7,9-10,12-13,15-16,21H,2,5,8,11,14,17-20H2,1H3;1,3H;2H,1H3;;;/q;;;;2*+1;-1/p-1/b5-4-,8-7-,11-10-,14-13-,17-16-;4-3-,7-6-,10-9-,13-12-,16-15-;;;;;. The topological polar surface area (TPSA) is 86.7 Å². The summed E-state index contributed by atoms with van der Waals surface area (Å²) in [5.74, 6) is 1.96. The third-order valence-electron chi connectivity index (χ3n) is 6.20. The first kappa shape index (κ1) is 65.3. The molecule has 9 heteroatoms. The Balaban J connectivity index is -0.000000136. The number of hydrogen-bond donors (Lipinski definition) is 2. The zero-order valence-electron chi connectivity index (χ0n) is 35.3. The first-order chi connectivity index (χ1) is 25.1. The second-order valence-corrected chi connectivity index (χ2v) is 12.4. The predicted octanol–water partition coefficient (Wildman–Crippen LogP) is 6.19. The molecule has 0 fully saturated rings. The maximum absolute atomic E-state index is 10.8. The molecule has 5 nitrogen and oxygen atoms in total. The molecule has 53 heavy (non-hydrogen) atoms. The molecule has 0 bridgehead atoms. The number of hydrogen-bond acceptors (Lipinski definition) is 7. The van der Waals surface area contributed by atoms with Gasteiger partial charge in [0.1, 0.15) is 0 Å². The molecular formula is C44H72K2O5S2. The van der Waals surface area contributed by atoms with Crippen LogP contribution in [0.15, 0.2) is 122 Å². The van der Waals surface area contributed by atoms with Crippen LogP contribution < -0.4 is 108 Å². The SMILES string of the molecule is CC/C=C\C/C=C\C/C=C\C/C=C\C/C=C\CCCCS.CC/C=C\C/C=C\C/C=C\C/C=C\C/C=C\CCCCSC(C)=O.CO.O=CO[O-].[H-].[K+].[K+]. The van der Waals surface area contributed by atoms with Gasteiger partial charge in [-0.2, -0.15) is 12.6 Å². The van der Waals surface area contributed by atoms with E-state index in [-0.39, 0.29) is 116 Å². The molecule has 0 aliphatic heterocycles. The zero-order chi connectivity index (χ0) is 38.6. The molecule has 0 radical (unpaired) electrons. The summed E-state index contributed by atoms with van der Waals surface area (Å²) in [5.41, 5.74) is 0. The van der Waals surface area contributed by atoms with Crippen LogP contribution in [-0.4, -0.2) is 35.3 Å². The Kier molecular flexibility index (Phi) is 86.5. The van der Waals surface area contributed by atoms with Gasteiger partial charge < -0.3 is 16.7 Å². The molecule has 0 aromatic rings. The fraction of sp³-hybridized carbons (Fsp3) is 0.500. The van der Waals surface area contributed by atoms with Gasteiger partial charge in [-0.05, 0) is 108 Å². The van der Waals surface area contributed by atoms with E-state index in [1.165, 1.54) is 37.4 Å². The van der Waals surface area contributed by atoms with Crippen molar-refractivity contribution in [1.29, 1.82) is 0 Å². The number of carbonyl (C=O) groups excluding carboxylic acids is 2. The summed E-state index contributed by atoms with van der Waals surface area (Å²) in [6, 6.07) is 0. The van der Waals surface area contributed by atoms with E-state index < -0.39 is 0 Å². The van der Waals surface area contributed by atoms with E-state index in [1.54, 1.807) is 6.92 Å². The van der Waals surface area contributed by atoms with Gasteiger partial charge >= 0.3 is 103 Å². The molecule has 0 heterocycles. The number of aliphatic hydroxyl groups is 1. The molecule has 0 aromatic heterocycles. The molecule has 0 saturated heterocycles. The zero-order valence-corrected chi connectivity index (χ0v) is 42.2. The van der Waals surface area contributed by atoms with Crippen LogP contribution in [0, 0.1) is 0 Å². The summed E-state index contributed by atoms with van der Waals surface area (Å²) in [5, 5.41) is 15.7. The maximum Gasteiger partial charge on any atom is 1.00 e. The van der Waals surface area contributed by atoms with Crippen LogP contribution in [0.5, 0.6) is 0 Å². The van der Waals surface area contributed by atoms with Gasteiger partial charge in [-0.3, -0.25) is 9.59 Å². The maximum atomic E-state index is 10.8. The number of thiol groups is 1. The van der Waals surface area contributed by atoms with Gasteiger partial charge in [-0.25, -0.2) is 0 Å². The fourth-order valence-corrected chi connectivity index (χ4v) is 4.55. The summed E-state index contributed by atoms with van der Waals surface area (Å²) >= 11 is 5.63. The number of unbranched alkanes of at least 4 members (excludes halogenated alkanes) is 4. The van der Waals surface area contributed by atoms with Crippen LogP contribution in [0.4, 0.5) is 0 Å². The van der Waals surface area contributed by atoms with Crippen molar-refractivity contribution < 1.29 is 129 Å². The van der Waals surface area contributed by atoms with Gasteiger partial charge in [0.25, 0.3) is 6.47 Å². The van der Waals surface area contributed by atoms with Crippen molar-refractivity contribution >= 4 is 36.0 Å². The van der Waals surface area contributed by atoms with E-state index in [0.29, 0.717) is 0 Å². The average molecular weight is 823 g/mol. The Hall–Kier alpha value is 0.433. The van der Waals surface area contributed by atoms with Gasteiger partial charge in [0.05, 0.1) is 0 Å². The largest absolute Gasteiger partial charge is 1.00 e. The van der Waals surface area contributed by atoms with E-state index in [4.69, 9.17) is 15.2 Å². The molecule has 292 valence electrons. The third-order valence-corrected chi connectivity index (χ3v) is 7.42. The molecule has 0 rings (SSSR count). The second-order valence-electron chi connectivity index (χ2n) is 10.7. The van der Waals surface area contributed by atoms with Crippen molar-refractivity contribution in [3.05, 3.63) is 122 Å². The molecule has 0 aliphatic rings. The molecule has 1 N–H and O–H groups in total. The average Bonchev–Trinajstić information content (AvgIpc) is 3.15. The Morgan fingerprint density at radius 3 is 1.08 bits per heavy atom. The van der Waals surface area contributed by atoms with E-state index in [1.807, 2.05) is 0 Å². The molecular weight excluding hydrogens is 751 g/mol. The molecule has 0 aromatic carbocycles. The van der Waals surface area contributed by atoms with E-state index >= 15 is 0 Å². The van der Waals surface area contributed by atoms with Crippen molar-refractivity contribution in [3.63, 3.8) is 0 Å². The van der Waals surface area contributed by atoms with Crippen molar-refractivity contribution in [1.82, 2.24) is 0 Å². The summed E-state index contributed by atoms with van der Waals surface area (Å²) in [6.07, 6.45) is 62.2. The summed E-state index contributed by atoms with van der Waals surface area (Å²) in [7, 11) is 1.00. The van der Waals surface area contributed by atoms with Gasteiger partial charge in [-0.15, -0.1) is 0 Å². The molecule has 0 unspecified atom stereocenters. The van der Waals surface area contributed by atoms with Gasteiger partial charge in [-0.1, -0.05) is 147 Å². The van der Waals surface area contributed by atoms with Crippen LogP contribution in [0.3, 0.4) is 0 Å². The number of aliphatic hydroxyl groups excluding tert-OH is 1. The van der Waals surface area contributed by atoms with Crippen LogP contribution in [0.1, 0.15) is 125 Å². The molecule has 0 amide bonds. The molecule has 0 atom stereocenters. The molecule has 0 aliphatic carbocycles. The summed E-state index contributed by atoms with van der Waals surface area (Å²) < 4.78 is 0. The Bertz CT molecular complexity index is 1000. The Labute approximate surface area is 422 Å². The second kappa shape index (κ2) is 70.3. The van der Waals surface area contributed by atoms with E-state index in [2.05, 4.69) is 153 Å². The monoisotopic (exact) mass is 822 g/mol. The smallest absolute Gasteiger partial charge is 1.00 e. The predicted molar refractivity (Wildman–Crippen MR) is 230 cm³/mol.